The van der Waals surface area contributed by atoms with Gasteiger partial charge in [0.05, 0.1) is 12.2 Å². The van der Waals surface area contributed by atoms with Crippen LogP contribution in [0.15, 0.2) is 18.2 Å². The predicted octanol–water partition coefficient (Wildman–Crippen LogP) is 2.41. The first-order chi connectivity index (χ1) is 9.20. The van der Waals surface area contributed by atoms with Crippen molar-refractivity contribution in [3.63, 3.8) is 0 Å². The molecule has 0 unspecified atom stereocenters. The van der Waals surface area contributed by atoms with Crippen LogP contribution in [0.1, 0.15) is 35.7 Å². The normalized spacial score (nSPS) is 16.3. The van der Waals surface area contributed by atoms with E-state index in [9.17, 15) is 4.79 Å². The minimum atomic E-state index is -0.313. The summed E-state index contributed by atoms with van der Waals surface area (Å²) in [6, 6.07) is 5.45. The van der Waals surface area contributed by atoms with Gasteiger partial charge in [-0.3, -0.25) is 0 Å². The molecule has 104 valence electrons. The molecule has 0 radical (unpaired) electrons. The molecule has 1 aromatic carbocycles. The maximum absolute atomic E-state index is 11.6. The number of nitrogen functional groups attached to an aromatic ring is 1. The van der Waals surface area contributed by atoms with Gasteiger partial charge >= 0.3 is 5.97 Å². The van der Waals surface area contributed by atoms with Gasteiger partial charge in [0, 0.05) is 18.9 Å². The van der Waals surface area contributed by atoms with Crippen LogP contribution in [0.4, 0.5) is 5.69 Å². The third-order valence-corrected chi connectivity index (χ3v) is 3.51. The third-order valence-electron chi connectivity index (χ3n) is 3.51. The molecule has 1 heterocycles. The highest BCUT2D eigenvalue weighted by Crippen LogP contribution is 2.24. The molecule has 1 saturated heterocycles. The van der Waals surface area contributed by atoms with Crippen molar-refractivity contribution in [3.05, 3.63) is 29.3 Å². The van der Waals surface area contributed by atoms with Crippen LogP contribution >= 0.6 is 0 Å². The highest BCUT2D eigenvalue weighted by atomic mass is 16.5. The molecule has 1 aliphatic heterocycles. The second kappa shape index (κ2) is 6.57. The van der Waals surface area contributed by atoms with Crippen LogP contribution in [0.5, 0.6) is 0 Å². The van der Waals surface area contributed by atoms with E-state index in [4.69, 9.17) is 15.2 Å². The minimum absolute atomic E-state index is 0.313. The second-order valence-electron chi connectivity index (χ2n) is 4.89. The van der Waals surface area contributed by atoms with Gasteiger partial charge in [-0.25, -0.2) is 4.79 Å². The quantitative estimate of drug-likeness (QED) is 0.669. The van der Waals surface area contributed by atoms with Gasteiger partial charge in [0.1, 0.15) is 0 Å². The van der Waals surface area contributed by atoms with E-state index >= 15 is 0 Å². The number of hydrogen-bond acceptors (Lipinski definition) is 4. The molecule has 2 rings (SSSR count). The molecule has 0 spiro atoms. The number of carbonyl (C=O) groups is 1. The third kappa shape index (κ3) is 3.70. The average molecular weight is 263 g/mol. The van der Waals surface area contributed by atoms with Crippen molar-refractivity contribution in [2.75, 3.05) is 25.6 Å². The topological polar surface area (TPSA) is 61.5 Å². The zero-order valence-electron chi connectivity index (χ0n) is 11.4. The van der Waals surface area contributed by atoms with E-state index in [1.807, 2.05) is 6.07 Å². The van der Waals surface area contributed by atoms with Gasteiger partial charge in [0.2, 0.25) is 0 Å². The van der Waals surface area contributed by atoms with Crippen LogP contribution in [-0.4, -0.2) is 25.8 Å². The van der Waals surface area contributed by atoms with Gasteiger partial charge in [-0.15, -0.1) is 0 Å². The molecule has 4 nitrogen and oxygen atoms in total. The molecule has 0 amide bonds. The highest BCUT2D eigenvalue weighted by Gasteiger charge is 2.16. The monoisotopic (exact) mass is 263 g/mol. The summed E-state index contributed by atoms with van der Waals surface area (Å²) >= 11 is 0. The summed E-state index contributed by atoms with van der Waals surface area (Å²) in [6.45, 7) is 3.85. The molecule has 1 fully saturated rings. The maximum atomic E-state index is 11.6. The lowest BCUT2D eigenvalue weighted by atomic mass is 9.91. The van der Waals surface area contributed by atoms with Crippen molar-refractivity contribution in [1.29, 1.82) is 0 Å². The number of anilines is 1. The van der Waals surface area contributed by atoms with Gasteiger partial charge in [0.15, 0.2) is 0 Å². The molecular weight excluding hydrogens is 242 g/mol. The van der Waals surface area contributed by atoms with Crippen molar-refractivity contribution in [2.24, 2.45) is 5.92 Å². The van der Waals surface area contributed by atoms with Crippen LogP contribution in [0.2, 0.25) is 0 Å². The fraction of sp³-hybridized carbons (Fsp3) is 0.533. The molecule has 4 heteroatoms. The number of ether oxygens (including phenoxy) is 2. The lowest BCUT2D eigenvalue weighted by Gasteiger charge is -2.22. The summed E-state index contributed by atoms with van der Waals surface area (Å²) in [7, 11) is 0. The van der Waals surface area contributed by atoms with Crippen LogP contribution in [0.25, 0.3) is 0 Å². The van der Waals surface area contributed by atoms with Crippen molar-refractivity contribution in [2.45, 2.75) is 26.2 Å². The van der Waals surface area contributed by atoms with Crippen LogP contribution in [0, 0.1) is 5.92 Å². The van der Waals surface area contributed by atoms with E-state index in [0.717, 1.165) is 38.0 Å². The zero-order valence-corrected chi connectivity index (χ0v) is 11.4. The molecule has 0 bridgehead atoms. The molecular formula is C15H21NO3. The van der Waals surface area contributed by atoms with Crippen molar-refractivity contribution < 1.29 is 14.3 Å². The largest absolute Gasteiger partial charge is 0.462 e. The Morgan fingerprint density at radius 3 is 2.79 bits per heavy atom. The molecule has 0 saturated carbocycles. The standard InChI is InChI=1S/C15H21NO3/c1-2-19-15(17)13-4-3-12(14(16)10-13)9-11-5-7-18-8-6-11/h3-4,10-11H,2,5-9,16H2,1H3. The fourth-order valence-electron chi connectivity index (χ4n) is 2.38. The highest BCUT2D eigenvalue weighted by molar-refractivity contribution is 5.90. The molecule has 1 aliphatic rings. The first-order valence-corrected chi connectivity index (χ1v) is 6.84. The van der Waals surface area contributed by atoms with Crippen molar-refractivity contribution in [1.82, 2.24) is 0 Å². The number of benzene rings is 1. The Kier molecular flexibility index (Phi) is 4.80. The minimum Gasteiger partial charge on any atom is -0.462 e. The van der Waals surface area contributed by atoms with Crippen molar-refractivity contribution in [3.8, 4) is 0 Å². The Morgan fingerprint density at radius 1 is 1.42 bits per heavy atom. The summed E-state index contributed by atoms with van der Waals surface area (Å²) < 4.78 is 10.3. The molecule has 1 aromatic rings. The lowest BCUT2D eigenvalue weighted by Crippen LogP contribution is -2.18. The Morgan fingerprint density at radius 2 is 2.16 bits per heavy atom. The number of esters is 1. The number of carbonyl (C=O) groups excluding carboxylic acids is 1. The van der Waals surface area contributed by atoms with E-state index in [1.165, 1.54) is 0 Å². The summed E-state index contributed by atoms with van der Waals surface area (Å²) in [6.07, 6.45) is 3.12. The number of nitrogens with two attached hydrogens (primary N) is 1. The lowest BCUT2D eigenvalue weighted by molar-refractivity contribution is 0.0526. The van der Waals surface area contributed by atoms with Crippen LogP contribution in [-0.2, 0) is 15.9 Å². The van der Waals surface area contributed by atoms with E-state index in [-0.39, 0.29) is 5.97 Å². The van der Waals surface area contributed by atoms with E-state index in [1.54, 1.807) is 19.1 Å². The summed E-state index contributed by atoms with van der Waals surface area (Å²) in [4.78, 5) is 11.6. The SMILES string of the molecule is CCOC(=O)c1ccc(CC2CCOCC2)c(N)c1. The van der Waals surface area contributed by atoms with Crippen LogP contribution in [0.3, 0.4) is 0 Å². The molecule has 0 atom stereocenters. The smallest absolute Gasteiger partial charge is 0.338 e. The van der Waals surface area contributed by atoms with E-state index in [2.05, 4.69) is 0 Å². The van der Waals surface area contributed by atoms with Gasteiger partial charge in [-0.05, 0) is 49.8 Å². The van der Waals surface area contributed by atoms with Crippen LogP contribution < -0.4 is 5.73 Å². The molecule has 19 heavy (non-hydrogen) atoms. The Hall–Kier alpha value is -1.55. The van der Waals surface area contributed by atoms with Gasteiger partial charge in [-0.1, -0.05) is 6.07 Å². The Balaban J connectivity index is 2.04. The van der Waals surface area contributed by atoms with E-state index in [0.29, 0.717) is 23.8 Å². The second-order valence-corrected chi connectivity index (χ2v) is 4.89. The molecule has 2 N–H and O–H groups in total. The number of hydrogen-bond donors (Lipinski definition) is 1. The first kappa shape index (κ1) is 13.9. The fourth-order valence-corrected chi connectivity index (χ4v) is 2.38. The van der Waals surface area contributed by atoms with Gasteiger partial charge < -0.3 is 15.2 Å². The van der Waals surface area contributed by atoms with Gasteiger partial charge in [0.25, 0.3) is 0 Å². The Bertz CT molecular complexity index is 439. The van der Waals surface area contributed by atoms with Crippen molar-refractivity contribution >= 4 is 11.7 Å². The predicted molar refractivity (Wildman–Crippen MR) is 74.1 cm³/mol. The first-order valence-electron chi connectivity index (χ1n) is 6.84. The summed E-state index contributed by atoms with van der Waals surface area (Å²) in [5, 5.41) is 0. The summed E-state index contributed by atoms with van der Waals surface area (Å²) in [5.74, 6) is 0.316. The summed E-state index contributed by atoms with van der Waals surface area (Å²) in [5.41, 5.74) is 8.35. The van der Waals surface area contributed by atoms with Gasteiger partial charge in [-0.2, -0.15) is 0 Å². The number of rotatable bonds is 4. The molecule has 0 aliphatic carbocycles. The molecule has 0 aromatic heterocycles. The average Bonchev–Trinajstić information content (AvgIpc) is 2.42. The maximum Gasteiger partial charge on any atom is 0.338 e. The zero-order chi connectivity index (χ0) is 13.7. The van der Waals surface area contributed by atoms with E-state index < -0.39 is 0 Å². The Labute approximate surface area is 113 Å².